The predicted molar refractivity (Wildman–Crippen MR) is 67.5 cm³/mol. The minimum absolute atomic E-state index is 0.00477. The monoisotopic (exact) mass is 266 g/mol. The summed E-state index contributed by atoms with van der Waals surface area (Å²) in [6.07, 6.45) is 6.29. The van der Waals surface area contributed by atoms with E-state index in [9.17, 15) is 14.7 Å². The average Bonchev–Trinajstić information content (AvgIpc) is 2.73. The Labute approximate surface area is 111 Å². The highest BCUT2D eigenvalue weighted by atomic mass is 16.5. The quantitative estimate of drug-likeness (QED) is 0.816. The average molecular weight is 266 g/mol. The molecule has 0 saturated heterocycles. The standard InChI is InChI=1S/C13H18N2O4/c16-11(14-10-5-8-19-15-10)9-13(12(17)18)6-3-1-2-4-7-13/h5,8H,1-4,6-7,9H2,(H,17,18)(H,14,15,16). The molecule has 1 aliphatic rings. The number of nitrogens with zero attached hydrogens (tertiary/aromatic N) is 1. The van der Waals surface area contributed by atoms with Crippen LogP contribution in [0.1, 0.15) is 44.9 Å². The van der Waals surface area contributed by atoms with Crippen LogP contribution < -0.4 is 5.32 Å². The van der Waals surface area contributed by atoms with E-state index in [1.807, 2.05) is 0 Å². The predicted octanol–water partition coefficient (Wildman–Crippen LogP) is 2.43. The zero-order chi connectivity index (χ0) is 13.7. The zero-order valence-electron chi connectivity index (χ0n) is 10.7. The van der Waals surface area contributed by atoms with Crippen LogP contribution in [0.15, 0.2) is 16.9 Å². The lowest BCUT2D eigenvalue weighted by Gasteiger charge is -2.27. The second-order valence-corrected chi connectivity index (χ2v) is 5.11. The summed E-state index contributed by atoms with van der Waals surface area (Å²) in [6, 6.07) is 1.53. The van der Waals surface area contributed by atoms with E-state index in [-0.39, 0.29) is 12.3 Å². The molecular formula is C13H18N2O4. The van der Waals surface area contributed by atoms with Crippen molar-refractivity contribution in [1.82, 2.24) is 5.16 Å². The van der Waals surface area contributed by atoms with Crippen molar-refractivity contribution in [3.63, 3.8) is 0 Å². The fourth-order valence-corrected chi connectivity index (χ4v) is 2.64. The van der Waals surface area contributed by atoms with E-state index in [0.717, 1.165) is 25.7 Å². The Morgan fingerprint density at radius 1 is 1.32 bits per heavy atom. The van der Waals surface area contributed by atoms with E-state index in [2.05, 4.69) is 15.0 Å². The van der Waals surface area contributed by atoms with E-state index < -0.39 is 11.4 Å². The van der Waals surface area contributed by atoms with Gasteiger partial charge < -0.3 is 14.9 Å². The van der Waals surface area contributed by atoms with Crippen molar-refractivity contribution in [3.05, 3.63) is 12.3 Å². The first-order chi connectivity index (χ1) is 9.12. The van der Waals surface area contributed by atoms with E-state index in [0.29, 0.717) is 18.7 Å². The fourth-order valence-electron chi connectivity index (χ4n) is 2.64. The molecule has 1 amide bonds. The molecule has 0 aliphatic heterocycles. The molecule has 0 atom stereocenters. The van der Waals surface area contributed by atoms with Gasteiger partial charge in [-0.15, -0.1) is 0 Å². The van der Waals surface area contributed by atoms with Gasteiger partial charge in [0.05, 0.1) is 5.41 Å². The lowest BCUT2D eigenvalue weighted by Crippen LogP contribution is -2.35. The summed E-state index contributed by atoms with van der Waals surface area (Å²) in [6.45, 7) is 0. The molecule has 0 radical (unpaired) electrons. The molecule has 6 nitrogen and oxygen atoms in total. The molecule has 0 aromatic carbocycles. The summed E-state index contributed by atoms with van der Waals surface area (Å²) in [5, 5.41) is 15.6. The number of amides is 1. The van der Waals surface area contributed by atoms with Gasteiger partial charge in [-0.1, -0.05) is 30.8 Å². The van der Waals surface area contributed by atoms with Gasteiger partial charge in [0.15, 0.2) is 5.82 Å². The molecule has 104 valence electrons. The van der Waals surface area contributed by atoms with Crippen molar-refractivity contribution >= 4 is 17.7 Å². The van der Waals surface area contributed by atoms with Gasteiger partial charge in [-0.05, 0) is 12.8 Å². The van der Waals surface area contributed by atoms with Crippen LogP contribution >= 0.6 is 0 Å². The summed E-state index contributed by atoms with van der Waals surface area (Å²) in [4.78, 5) is 23.5. The van der Waals surface area contributed by atoms with E-state index >= 15 is 0 Å². The number of hydrogen-bond acceptors (Lipinski definition) is 4. The normalized spacial score (nSPS) is 18.5. The lowest BCUT2D eigenvalue weighted by molar-refractivity contribution is -0.152. The molecule has 1 heterocycles. The molecule has 1 aliphatic carbocycles. The van der Waals surface area contributed by atoms with Crippen molar-refractivity contribution in [2.75, 3.05) is 5.32 Å². The van der Waals surface area contributed by atoms with Crippen molar-refractivity contribution < 1.29 is 19.2 Å². The Morgan fingerprint density at radius 2 is 2.00 bits per heavy atom. The van der Waals surface area contributed by atoms with Crippen LogP contribution in [-0.4, -0.2) is 22.1 Å². The maximum Gasteiger partial charge on any atom is 0.310 e. The molecule has 1 aromatic rings. The summed E-state index contributed by atoms with van der Waals surface area (Å²) in [7, 11) is 0. The minimum Gasteiger partial charge on any atom is -0.481 e. The fraction of sp³-hybridized carbons (Fsp3) is 0.615. The van der Waals surface area contributed by atoms with Gasteiger partial charge >= 0.3 is 5.97 Å². The number of anilines is 1. The van der Waals surface area contributed by atoms with Crippen molar-refractivity contribution in [2.45, 2.75) is 44.9 Å². The van der Waals surface area contributed by atoms with Gasteiger partial charge in [-0.2, -0.15) is 0 Å². The molecule has 0 unspecified atom stereocenters. The highest BCUT2D eigenvalue weighted by Crippen LogP contribution is 2.38. The Balaban J connectivity index is 2.03. The van der Waals surface area contributed by atoms with Crippen LogP contribution in [-0.2, 0) is 9.59 Å². The first-order valence-corrected chi connectivity index (χ1v) is 6.56. The van der Waals surface area contributed by atoms with Crippen LogP contribution in [0.2, 0.25) is 0 Å². The number of nitrogens with one attached hydrogen (secondary N) is 1. The topological polar surface area (TPSA) is 92.4 Å². The first kappa shape index (κ1) is 13.6. The number of aliphatic carboxylic acids is 1. The van der Waals surface area contributed by atoms with Gasteiger partial charge in [-0.3, -0.25) is 9.59 Å². The van der Waals surface area contributed by atoms with Crippen molar-refractivity contribution in [3.8, 4) is 0 Å². The highest BCUT2D eigenvalue weighted by molar-refractivity contribution is 5.93. The Morgan fingerprint density at radius 3 is 2.53 bits per heavy atom. The SMILES string of the molecule is O=C(CC1(C(=O)O)CCCCCC1)Nc1ccon1. The molecule has 1 saturated carbocycles. The maximum atomic E-state index is 11.9. The number of aromatic nitrogens is 1. The third-order valence-electron chi connectivity index (χ3n) is 3.72. The number of rotatable bonds is 4. The molecule has 6 heteroatoms. The van der Waals surface area contributed by atoms with Crippen LogP contribution in [0.3, 0.4) is 0 Å². The van der Waals surface area contributed by atoms with Gasteiger partial charge in [0.1, 0.15) is 6.26 Å². The summed E-state index contributed by atoms with van der Waals surface area (Å²) >= 11 is 0. The number of carboxylic acid groups (broad SMARTS) is 1. The molecule has 1 aromatic heterocycles. The Kier molecular flexibility index (Phi) is 4.19. The number of carboxylic acids is 1. The molecule has 0 spiro atoms. The van der Waals surface area contributed by atoms with E-state index in [1.165, 1.54) is 12.3 Å². The summed E-state index contributed by atoms with van der Waals surface area (Å²) in [5.41, 5.74) is -0.926. The smallest absolute Gasteiger partial charge is 0.310 e. The van der Waals surface area contributed by atoms with Gasteiger partial charge in [0.2, 0.25) is 5.91 Å². The van der Waals surface area contributed by atoms with Gasteiger partial charge in [0.25, 0.3) is 0 Å². The van der Waals surface area contributed by atoms with E-state index in [1.54, 1.807) is 0 Å². The van der Waals surface area contributed by atoms with Crippen molar-refractivity contribution in [1.29, 1.82) is 0 Å². The summed E-state index contributed by atoms with van der Waals surface area (Å²) in [5.74, 6) is -0.873. The largest absolute Gasteiger partial charge is 0.481 e. The molecule has 0 bridgehead atoms. The third kappa shape index (κ3) is 3.33. The molecule has 1 fully saturated rings. The second-order valence-electron chi connectivity index (χ2n) is 5.11. The Bertz CT molecular complexity index is 434. The lowest BCUT2D eigenvalue weighted by atomic mass is 9.77. The number of carbonyl (C=O) groups excluding carboxylic acids is 1. The van der Waals surface area contributed by atoms with Crippen LogP contribution in [0.4, 0.5) is 5.82 Å². The van der Waals surface area contributed by atoms with Gasteiger partial charge in [0, 0.05) is 12.5 Å². The van der Waals surface area contributed by atoms with Crippen LogP contribution in [0, 0.1) is 5.41 Å². The van der Waals surface area contributed by atoms with Crippen molar-refractivity contribution in [2.24, 2.45) is 5.41 Å². The van der Waals surface area contributed by atoms with Gasteiger partial charge in [-0.25, -0.2) is 0 Å². The zero-order valence-corrected chi connectivity index (χ0v) is 10.7. The van der Waals surface area contributed by atoms with E-state index in [4.69, 9.17) is 0 Å². The second kappa shape index (κ2) is 5.86. The van der Waals surface area contributed by atoms with Crippen LogP contribution in [0.5, 0.6) is 0 Å². The molecule has 19 heavy (non-hydrogen) atoms. The molecule has 2 rings (SSSR count). The van der Waals surface area contributed by atoms with Crippen LogP contribution in [0.25, 0.3) is 0 Å². The third-order valence-corrected chi connectivity index (χ3v) is 3.72. The highest BCUT2D eigenvalue weighted by Gasteiger charge is 2.40. The number of carbonyl (C=O) groups is 2. The number of hydrogen-bond donors (Lipinski definition) is 2. The first-order valence-electron chi connectivity index (χ1n) is 6.56. The Hall–Kier alpha value is -1.85. The minimum atomic E-state index is -0.926. The molecular weight excluding hydrogens is 248 g/mol. The summed E-state index contributed by atoms with van der Waals surface area (Å²) < 4.78 is 4.62. The maximum absolute atomic E-state index is 11.9. The molecule has 2 N–H and O–H groups in total.